The molecule has 0 saturated carbocycles. The molecule has 0 spiro atoms. The number of H-pyrrole nitrogens is 1. The Morgan fingerprint density at radius 3 is 2.71 bits per heavy atom. The lowest BCUT2D eigenvalue weighted by atomic mass is 10.0. The highest BCUT2D eigenvalue weighted by atomic mass is 14.7. The van der Waals surface area contributed by atoms with Gasteiger partial charge in [0.1, 0.15) is 0 Å². The third-order valence-corrected chi connectivity index (χ3v) is 2.63. The first kappa shape index (κ1) is 7.44. The van der Waals surface area contributed by atoms with E-state index in [-0.39, 0.29) is 0 Å². The Kier molecular flexibility index (Phi) is 1.34. The van der Waals surface area contributed by atoms with Crippen LogP contribution in [0.4, 0.5) is 5.69 Å². The third kappa shape index (κ3) is 0.852. The van der Waals surface area contributed by atoms with Gasteiger partial charge in [0.2, 0.25) is 0 Å². The Bertz CT molecular complexity index is 608. The van der Waals surface area contributed by atoms with Crippen LogP contribution < -0.4 is 5.73 Å². The molecule has 0 aliphatic heterocycles. The Morgan fingerprint density at radius 1 is 0.929 bits per heavy atom. The summed E-state index contributed by atoms with van der Waals surface area (Å²) < 4.78 is 0. The van der Waals surface area contributed by atoms with E-state index in [1.165, 1.54) is 10.8 Å². The molecule has 3 aromatic rings. The number of nitrogen functional groups attached to an aromatic ring is 1. The summed E-state index contributed by atoms with van der Waals surface area (Å²) in [5, 5.41) is 4.58. The van der Waals surface area contributed by atoms with Crippen LogP contribution in [0, 0.1) is 0 Å². The molecule has 0 saturated heterocycles. The van der Waals surface area contributed by atoms with Gasteiger partial charge < -0.3 is 10.7 Å². The highest BCUT2D eigenvalue weighted by Crippen LogP contribution is 2.29. The molecule has 2 heteroatoms. The summed E-state index contributed by atoms with van der Waals surface area (Å²) in [4.78, 5) is 3.07. The van der Waals surface area contributed by atoms with Gasteiger partial charge in [-0.2, -0.15) is 0 Å². The largest absolute Gasteiger partial charge is 0.398 e. The molecule has 2 nitrogen and oxygen atoms in total. The van der Waals surface area contributed by atoms with Gasteiger partial charge >= 0.3 is 0 Å². The first-order valence-electron chi connectivity index (χ1n) is 4.60. The average molecular weight is 182 g/mol. The number of nitrogens with two attached hydrogens (primary N) is 1. The van der Waals surface area contributed by atoms with Gasteiger partial charge in [-0.25, -0.2) is 0 Å². The summed E-state index contributed by atoms with van der Waals surface area (Å²) in [6, 6.07) is 10.3. The quantitative estimate of drug-likeness (QED) is 0.516. The molecule has 0 bridgehead atoms. The molecule has 2 aromatic carbocycles. The first-order valence-corrected chi connectivity index (χ1v) is 4.60. The highest BCUT2D eigenvalue weighted by molar-refractivity contribution is 6.09. The van der Waals surface area contributed by atoms with Crippen LogP contribution in [0.15, 0.2) is 42.7 Å². The number of rotatable bonds is 0. The second-order valence-electron chi connectivity index (χ2n) is 3.47. The number of anilines is 1. The minimum Gasteiger partial charge on any atom is -0.398 e. The number of hydrogen-bond donors (Lipinski definition) is 2. The van der Waals surface area contributed by atoms with E-state index in [1.54, 1.807) is 0 Å². The maximum atomic E-state index is 6.08. The molecule has 1 heterocycles. The fraction of sp³-hybridized carbons (Fsp3) is 0. The molecule has 3 rings (SSSR count). The fourth-order valence-electron chi connectivity index (χ4n) is 1.91. The standard InChI is InChI=1S/C12H10N2/c13-12-10-4-2-1-3-8(10)5-9-6-14-7-11(9)12/h1-7,14H,13H2. The fourth-order valence-corrected chi connectivity index (χ4v) is 1.91. The zero-order valence-electron chi connectivity index (χ0n) is 7.62. The number of fused-ring (bicyclic) bond motifs is 2. The summed E-state index contributed by atoms with van der Waals surface area (Å²) in [6.07, 6.45) is 3.91. The minimum absolute atomic E-state index is 0.861. The zero-order chi connectivity index (χ0) is 9.54. The van der Waals surface area contributed by atoms with Gasteiger partial charge in [0, 0.05) is 34.2 Å². The molecule has 68 valence electrons. The Labute approximate surface area is 81.3 Å². The van der Waals surface area contributed by atoms with Crippen LogP contribution in [-0.4, -0.2) is 4.98 Å². The molecule has 0 radical (unpaired) electrons. The smallest absolute Gasteiger partial charge is 0.0488 e. The van der Waals surface area contributed by atoms with Crippen molar-refractivity contribution in [2.75, 3.05) is 5.73 Å². The van der Waals surface area contributed by atoms with Crippen molar-refractivity contribution >= 4 is 27.2 Å². The normalized spacial score (nSPS) is 11.1. The average Bonchev–Trinajstić information content (AvgIpc) is 2.66. The monoisotopic (exact) mass is 182 g/mol. The van der Waals surface area contributed by atoms with Crippen LogP contribution >= 0.6 is 0 Å². The molecule has 1 aromatic heterocycles. The van der Waals surface area contributed by atoms with E-state index in [2.05, 4.69) is 23.2 Å². The second-order valence-corrected chi connectivity index (χ2v) is 3.47. The molecule has 0 atom stereocenters. The first-order chi connectivity index (χ1) is 6.86. The van der Waals surface area contributed by atoms with E-state index in [0.29, 0.717) is 0 Å². The number of benzene rings is 2. The molecule has 14 heavy (non-hydrogen) atoms. The lowest BCUT2D eigenvalue weighted by molar-refractivity contribution is 1.43. The van der Waals surface area contributed by atoms with E-state index in [1.807, 2.05) is 24.5 Å². The summed E-state index contributed by atoms with van der Waals surface area (Å²) in [6.45, 7) is 0. The molecule has 0 aliphatic rings. The van der Waals surface area contributed by atoms with Crippen molar-refractivity contribution in [3.05, 3.63) is 42.7 Å². The Morgan fingerprint density at radius 2 is 1.79 bits per heavy atom. The van der Waals surface area contributed by atoms with Gasteiger partial charge in [-0.15, -0.1) is 0 Å². The Hall–Kier alpha value is -1.96. The van der Waals surface area contributed by atoms with Crippen molar-refractivity contribution in [2.24, 2.45) is 0 Å². The van der Waals surface area contributed by atoms with E-state index < -0.39 is 0 Å². The number of nitrogens with one attached hydrogen (secondary N) is 1. The van der Waals surface area contributed by atoms with Gasteiger partial charge in [-0.3, -0.25) is 0 Å². The van der Waals surface area contributed by atoms with Gasteiger partial charge in [-0.05, 0) is 11.5 Å². The van der Waals surface area contributed by atoms with E-state index in [0.717, 1.165) is 16.5 Å². The van der Waals surface area contributed by atoms with Crippen molar-refractivity contribution in [3.63, 3.8) is 0 Å². The maximum Gasteiger partial charge on any atom is 0.0488 e. The van der Waals surface area contributed by atoms with E-state index in [4.69, 9.17) is 5.73 Å². The van der Waals surface area contributed by atoms with Crippen LogP contribution in [0.1, 0.15) is 0 Å². The molecular weight excluding hydrogens is 172 g/mol. The number of aromatic amines is 1. The molecule has 0 aliphatic carbocycles. The van der Waals surface area contributed by atoms with Crippen LogP contribution in [0.3, 0.4) is 0 Å². The lowest BCUT2D eigenvalue weighted by Crippen LogP contribution is -1.87. The maximum absolute atomic E-state index is 6.08. The lowest BCUT2D eigenvalue weighted by Gasteiger charge is -2.02. The zero-order valence-corrected chi connectivity index (χ0v) is 7.62. The van der Waals surface area contributed by atoms with Gasteiger partial charge in [-0.1, -0.05) is 24.3 Å². The SMILES string of the molecule is Nc1c2ccccc2cc2c[nH]cc12. The molecule has 0 fully saturated rings. The summed E-state index contributed by atoms with van der Waals surface area (Å²) in [5.74, 6) is 0. The van der Waals surface area contributed by atoms with Crippen molar-refractivity contribution in [2.45, 2.75) is 0 Å². The topological polar surface area (TPSA) is 41.8 Å². The van der Waals surface area contributed by atoms with Crippen LogP contribution in [-0.2, 0) is 0 Å². The van der Waals surface area contributed by atoms with Crippen molar-refractivity contribution in [3.8, 4) is 0 Å². The van der Waals surface area contributed by atoms with Crippen LogP contribution in [0.2, 0.25) is 0 Å². The predicted molar refractivity (Wildman–Crippen MR) is 60.2 cm³/mol. The summed E-state index contributed by atoms with van der Waals surface area (Å²) in [5.41, 5.74) is 6.94. The van der Waals surface area contributed by atoms with Crippen molar-refractivity contribution < 1.29 is 0 Å². The minimum atomic E-state index is 0.861. The van der Waals surface area contributed by atoms with Crippen molar-refractivity contribution in [1.29, 1.82) is 0 Å². The molecule has 0 unspecified atom stereocenters. The van der Waals surface area contributed by atoms with Crippen LogP contribution in [0.25, 0.3) is 21.5 Å². The summed E-state index contributed by atoms with van der Waals surface area (Å²) >= 11 is 0. The van der Waals surface area contributed by atoms with E-state index >= 15 is 0 Å². The van der Waals surface area contributed by atoms with Gasteiger partial charge in [0.15, 0.2) is 0 Å². The number of hydrogen-bond acceptors (Lipinski definition) is 1. The molecular formula is C12H10N2. The van der Waals surface area contributed by atoms with Crippen LogP contribution in [0.5, 0.6) is 0 Å². The summed E-state index contributed by atoms with van der Waals surface area (Å²) in [7, 11) is 0. The predicted octanol–water partition coefficient (Wildman–Crippen LogP) is 2.90. The molecule has 0 amide bonds. The van der Waals surface area contributed by atoms with E-state index in [9.17, 15) is 0 Å². The van der Waals surface area contributed by atoms with Crippen molar-refractivity contribution in [1.82, 2.24) is 4.98 Å². The Balaban J connectivity index is 2.63. The van der Waals surface area contributed by atoms with Gasteiger partial charge in [0.25, 0.3) is 0 Å². The molecule has 3 N–H and O–H groups in total. The highest BCUT2D eigenvalue weighted by Gasteiger charge is 2.03. The second kappa shape index (κ2) is 2.51. The van der Waals surface area contributed by atoms with Gasteiger partial charge in [0.05, 0.1) is 0 Å². The third-order valence-electron chi connectivity index (χ3n) is 2.63. The number of aromatic nitrogens is 1.